The van der Waals surface area contributed by atoms with Crippen molar-refractivity contribution in [2.45, 2.75) is 51.7 Å². The molecule has 0 bridgehead atoms. The molecule has 2 aliphatic heterocycles. The quantitative estimate of drug-likeness (QED) is 0.549. The molecule has 0 spiro atoms. The highest BCUT2D eigenvalue weighted by Crippen LogP contribution is 2.25. The minimum Gasteiger partial charge on any atom is -0.344 e. The summed E-state index contributed by atoms with van der Waals surface area (Å²) < 4.78 is 0. The van der Waals surface area contributed by atoms with Crippen LogP contribution >= 0.6 is 11.8 Å². The highest BCUT2D eigenvalue weighted by Gasteiger charge is 2.23. The molecule has 0 radical (unpaired) electrons. The number of aliphatic imine (C=N–C) groups is 3. The molecular weight excluding hydrogens is 418 g/mol. The molecule has 0 fully saturated rings. The molecule has 2 unspecified atom stereocenters. The van der Waals surface area contributed by atoms with Crippen LogP contribution in [0.4, 0.5) is 0 Å². The van der Waals surface area contributed by atoms with Gasteiger partial charge in [-0.25, -0.2) is 9.98 Å². The monoisotopic (exact) mass is 455 g/mol. The molecule has 7 nitrogen and oxygen atoms in total. The minimum atomic E-state index is -0.0286. The predicted molar refractivity (Wildman–Crippen MR) is 140 cm³/mol. The molecule has 1 aliphatic carbocycles. The average Bonchev–Trinajstić information content (AvgIpc) is 2.96. The van der Waals surface area contributed by atoms with E-state index in [1.54, 1.807) is 11.8 Å². The first-order valence-electron chi connectivity index (χ1n) is 11.4. The van der Waals surface area contributed by atoms with Crippen molar-refractivity contribution >= 4 is 28.6 Å². The zero-order valence-electron chi connectivity index (χ0n) is 19.9. The standard InChI is InChI=1S/C24H37N7S/c1-16(2)28-24-27-14-18(15-32-24)21-10-11-22(20-9-7-6-8-19(20)17(3)25)30-23(29-21)26-12-13-31(4)5/h6,8,10-11,14,16-17,21H,7,9,12-13,15,25H2,1-5H3,(H,26,29)(H,27,28). The number of nitrogens with two attached hydrogens (primary N) is 1. The summed E-state index contributed by atoms with van der Waals surface area (Å²) in [6.45, 7) is 7.77. The molecule has 2 atom stereocenters. The second kappa shape index (κ2) is 11.6. The Bertz CT molecular complexity index is 888. The van der Waals surface area contributed by atoms with Gasteiger partial charge in [0.25, 0.3) is 0 Å². The number of guanidine groups is 1. The van der Waals surface area contributed by atoms with Gasteiger partial charge in [-0.15, -0.1) is 0 Å². The van der Waals surface area contributed by atoms with Crippen molar-refractivity contribution in [3.8, 4) is 0 Å². The average molecular weight is 456 g/mol. The van der Waals surface area contributed by atoms with Crippen LogP contribution in [-0.4, -0.2) is 72.8 Å². The van der Waals surface area contributed by atoms with Crippen molar-refractivity contribution < 1.29 is 0 Å². The summed E-state index contributed by atoms with van der Waals surface area (Å²) in [4.78, 5) is 16.5. The summed E-state index contributed by atoms with van der Waals surface area (Å²) >= 11 is 1.73. The van der Waals surface area contributed by atoms with Gasteiger partial charge in [-0.3, -0.25) is 4.99 Å². The molecule has 174 valence electrons. The molecule has 8 heteroatoms. The van der Waals surface area contributed by atoms with Crippen molar-refractivity contribution in [2.75, 3.05) is 32.9 Å². The lowest BCUT2D eigenvalue weighted by Crippen LogP contribution is -2.37. The molecule has 0 aromatic carbocycles. The predicted octanol–water partition coefficient (Wildman–Crippen LogP) is 2.85. The highest BCUT2D eigenvalue weighted by molar-refractivity contribution is 8.14. The summed E-state index contributed by atoms with van der Waals surface area (Å²) in [5.41, 5.74) is 10.9. The summed E-state index contributed by atoms with van der Waals surface area (Å²) in [6.07, 6.45) is 12.7. The maximum atomic E-state index is 6.27. The lowest BCUT2D eigenvalue weighted by atomic mass is 9.90. The summed E-state index contributed by atoms with van der Waals surface area (Å²) in [5.74, 6) is 1.55. The maximum Gasteiger partial charge on any atom is 0.219 e. The van der Waals surface area contributed by atoms with Crippen molar-refractivity contribution in [3.63, 3.8) is 0 Å². The Kier molecular flexibility index (Phi) is 8.90. The minimum absolute atomic E-state index is 0.0217. The van der Waals surface area contributed by atoms with Gasteiger partial charge in [0.15, 0.2) is 5.17 Å². The van der Waals surface area contributed by atoms with Crippen LogP contribution in [0.15, 0.2) is 62.2 Å². The Morgan fingerprint density at radius 1 is 1.28 bits per heavy atom. The van der Waals surface area contributed by atoms with Gasteiger partial charge in [-0.1, -0.05) is 30.0 Å². The molecule has 3 rings (SSSR count). The van der Waals surface area contributed by atoms with Crippen molar-refractivity contribution in [2.24, 2.45) is 20.7 Å². The van der Waals surface area contributed by atoms with E-state index in [9.17, 15) is 0 Å². The van der Waals surface area contributed by atoms with E-state index in [0.717, 1.165) is 41.6 Å². The van der Waals surface area contributed by atoms with Crippen LogP contribution in [0.1, 0.15) is 33.6 Å². The second-order valence-corrected chi connectivity index (χ2v) is 9.79. The number of thioether (sulfide) groups is 1. The smallest absolute Gasteiger partial charge is 0.219 e. The molecule has 0 saturated carbocycles. The molecular formula is C24H37N7S. The fourth-order valence-electron chi connectivity index (χ4n) is 3.64. The van der Waals surface area contributed by atoms with Crippen LogP contribution in [0.5, 0.6) is 0 Å². The Balaban J connectivity index is 1.90. The van der Waals surface area contributed by atoms with Gasteiger partial charge in [0, 0.05) is 30.6 Å². The molecule has 0 aromatic heterocycles. The van der Waals surface area contributed by atoms with Crippen molar-refractivity contribution in [3.05, 3.63) is 47.2 Å². The van der Waals surface area contributed by atoms with Crippen molar-refractivity contribution in [1.29, 1.82) is 0 Å². The number of hydrogen-bond donors (Lipinski definition) is 3. The molecule has 4 N–H and O–H groups in total. The van der Waals surface area contributed by atoms with Crippen LogP contribution in [0.25, 0.3) is 0 Å². The molecule has 0 saturated heterocycles. The number of hydrogen-bond acceptors (Lipinski definition) is 5. The number of rotatable bonds is 7. The fraction of sp³-hybridized carbons (Fsp3) is 0.542. The van der Waals surface area contributed by atoms with Gasteiger partial charge in [-0.05, 0) is 70.5 Å². The van der Waals surface area contributed by atoms with Crippen LogP contribution in [0.2, 0.25) is 0 Å². The second-order valence-electron chi connectivity index (χ2n) is 8.83. The Morgan fingerprint density at radius 3 is 2.75 bits per heavy atom. The molecule has 2 heterocycles. The third-order valence-corrected chi connectivity index (χ3v) is 6.28. The SMILES string of the molecule is CC(C)N=C1NC=C(C2C=CC(C3=C(C(C)N)C=CCC3)=NC(=NCCN(C)C)N2)CS1. The first-order valence-corrected chi connectivity index (χ1v) is 12.4. The van der Waals surface area contributed by atoms with Crippen LogP contribution in [0.3, 0.4) is 0 Å². The van der Waals surface area contributed by atoms with E-state index >= 15 is 0 Å². The number of allylic oxidation sites excluding steroid dienone is 3. The zero-order valence-corrected chi connectivity index (χ0v) is 20.7. The molecule has 3 aliphatic rings. The number of nitrogens with zero attached hydrogens (tertiary/aromatic N) is 4. The van der Waals surface area contributed by atoms with E-state index < -0.39 is 0 Å². The first kappa shape index (κ1) is 24.5. The number of likely N-dealkylation sites (N-methyl/N-ethyl adjacent to an activating group) is 1. The first-order chi connectivity index (χ1) is 15.3. The summed E-state index contributed by atoms with van der Waals surface area (Å²) in [7, 11) is 4.11. The zero-order chi connectivity index (χ0) is 23.1. The van der Waals surface area contributed by atoms with Gasteiger partial charge in [0.1, 0.15) is 0 Å². The summed E-state index contributed by atoms with van der Waals surface area (Å²) in [6, 6.07) is 0.270. The third kappa shape index (κ3) is 6.92. The van der Waals surface area contributed by atoms with E-state index in [1.165, 1.54) is 11.1 Å². The third-order valence-electron chi connectivity index (χ3n) is 5.30. The van der Waals surface area contributed by atoms with E-state index in [-0.39, 0.29) is 18.1 Å². The lowest BCUT2D eigenvalue weighted by Gasteiger charge is -2.23. The van der Waals surface area contributed by atoms with Gasteiger partial charge >= 0.3 is 0 Å². The fourth-order valence-corrected chi connectivity index (χ4v) is 4.64. The number of nitrogens with one attached hydrogen (secondary N) is 2. The van der Waals surface area contributed by atoms with Crippen molar-refractivity contribution in [1.82, 2.24) is 15.5 Å². The Labute approximate surface area is 196 Å². The maximum absolute atomic E-state index is 6.27. The normalized spacial score (nSPS) is 25.1. The van der Waals surface area contributed by atoms with Gasteiger partial charge < -0.3 is 21.3 Å². The largest absolute Gasteiger partial charge is 0.344 e. The van der Waals surface area contributed by atoms with Gasteiger partial charge in [0.05, 0.1) is 18.3 Å². The topological polar surface area (TPSA) is 90.4 Å². The molecule has 0 aromatic rings. The molecule has 32 heavy (non-hydrogen) atoms. The Morgan fingerprint density at radius 2 is 2.09 bits per heavy atom. The van der Waals surface area contributed by atoms with Crippen LogP contribution < -0.4 is 16.4 Å². The molecule has 0 amide bonds. The number of amidine groups is 1. The van der Waals surface area contributed by atoms with E-state index in [1.807, 2.05) is 6.92 Å². The van der Waals surface area contributed by atoms with E-state index in [4.69, 9.17) is 15.7 Å². The van der Waals surface area contributed by atoms with Crippen LogP contribution in [-0.2, 0) is 0 Å². The van der Waals surface area contributed by atoms with Gasteiger partial charge in [0.2, 0.25) is 5.96 Å². The Hall–Kier alpha value is -2.16. The van der Waals surface area contributed by atoms with Crippen LogP contribution in [0, 0.1) is 0 Å². The van der Waals surface area contributed by atoms with E-state index in [0.29, 0.717) is 12.5 Å². The highest BCUT2D eigenvalue weighted by atomic mass is 32.2. The summed E-state index contributed by atoms with van der Waals surface area (Å²) in [5, 5.41) is 7.87. The van der Waals surface area contributed by atoms with E-state index in [2.05, 4.69) is 79.0 Å². The lowest BCUT2D eigenvalue weighted by molar-refractivity contribution is 0.420. The van der Waals surface area contributed by atoms with Gasteiger partial charge in [-0.2, -0.15) is 0 Å².